The second-order valence-corrected chi connectivity index (χ2v) is 5.18. The highest BCUT2D eigenvalue weighted by Crippen LogP contribution is 2.19. The lowest BCUT2D eigenvalue weighted by Gasteiger charge is -2.05. The highest BCUT2D eigenvalue weighted by molar-refractivity contribution is 5.39. The average Bonchev–Trinajstić information content (AvgIpc) is 3.08. The number of nitrogens with one attached hydrogen (secondary N) is 1. The minimum atomic E-state index is 0.733. The van der Waals surface area contributed by atoms with E-state index in [1.54, 1.807) is 0 Å². The first-order valence-corrected chi connectivity index (χ1v) is 6.58. The summed E-state index contributed by atoms with van der Waals surface area (Å²) in [6.45, 7) is 5.15. The predicted molar refractivity (Wildman–Crippen MR) is 72.9 cm³/mol. The van der Waals surface area contributed by atoms with E-state index in [-0.39, 0.29) is 0 Å². The van der Waals surface area contributed by atoms with Crippen LogP contribution in [0, 0.1) is 13.8 Å². The lowest BCUT2D eigenvalue weighted by atomic mass is 10.1. The molecule has 1 aliphatic carbocycles. The van der Waals surface area contributed by atoms with Crippen molar-refractivity contribution >= 4 is 0 Å². The van der Waals surface area contributed by atoms with Crippen molar-refractivity contribution in [1.82, 2.24) is 15.1 Å². The van der Waals surface area contributed by atoms with Crippen LogP contribution < -0.4 is 5.32 Å². The Kier molecular flexibility index (Phi) is 2.92. The first kappa shape index (κ1) is 11.5. The normalized spacial score (nSPS) is 15.0. The van der Waals surface area contributed by atoms with Crippen molar-refractivity contribution in [3.05, 3.63) is 47.3 Å². The van der Waals surface area contributed by atoms with Crippen molar-refractivity contribution in [2.24, 2.45) is 0 Å². The molecule has 1 heterocycles. The molecule has 1 aliphatic rings. The lowest BCUT2D eigenvalue weighted by molar-refractivity contribution is 0.665. The highest BCUT2D eigenvalue weighted by atomic mass is 15.3. The van der Waals surface area contributed by atoms with Crippen LogP contribution in [0.3, 0.4) is 0 Å². The summed E-state index contributed by atoms with van der Waals surface area (Å²) in [5.41, 5.74) is 4.87. The van der Waals surface area contributed by atoms with Gasteiger partial charge in [0.25, 0.3) is 0 Å². The van der Waals surface area contributed by atoms with Gasteiger partial charge in [0.15, 0.2) is 0 Å². The second-order valence-electron chi connectivity index (χ2n) is 5.18. The van der Waals surface area contributed by atoms with Gasteiger partial charge in [0.1, 0.15) is 0 Å². The summed E-state index contributed by atoms with van der Waals surface area (Å²) >= 11 is 0. The largest absolute Gasteiger partial charge is 0.308 e. The van der Waals surface area contributed by atoms with Crippen LogP contribution in [0.25, 0.3) is 5.69 Å². The van der Waals surface area contributed by atoms with Crippen LogP contribution in [0.5, 0.6) is 0 Å². The fourth-order valence-electron chi connectivity index (χ4n) is 2.00. The van der Waals surface area contributed by atoms with E-state index >= 15 is 0 Å². The molecule has 0 atom stereocenters. The molecule has 0 radical (unpaired) electrons. The Morgan fingerprint density at radius 3 is 2.78 bits per heavy atom. The first-order chi connectivity index (χ1) is 8.72. The summed E-state index contributed by atoms with van der Waals surface area (Å²) in [5.74, 6) is 0. The van der Waals surface area contributed by atoms with Gasteiger partial charge in [-0.05, 0) is 56.0 Å². The third-order valence-corrected chi connectivity index (χ3v) is 3.55. The topological polar surface area (TPSA) is 29.9 Å². The molecule has 0 aliphatic heterocycles. The molecule has 3 nitrogen and oxygen atoms in total. The van der Waals surface area contributed by atoms with Crippen LogP contribution in [0.2, 0.25) is 0 Å². The van der Waals surface area contributed by atoms with Crippen molar-refractivity contribution in [3.63, 3.8) is 0 Å². The van der Waals surface area contributed by atoms with Gasteiger partial charge in [0.05, 0.1) is 11.4 Å². The van der Waals surface area contributed by atoms with Gasteiger partial charge in [-0.15, -0.1) is 0 Å². The summed E-state index contributed by atoms with van der Waals surface area (Å²) in [4.78, 5) is 0. The molecule has 0 spiro atoms. The van der Waals surface area contributed by atoms with E-state index in [9.17, 15) is 0 Å². The fraction of sp³-hybridized carbons (Fsp3) is 0.400. The van der Waals surface area contributed by atoms with E-state index in [1.807, 2.05) is 10.9 Å². The Morgan fingerprint density at radius 2 is 2.06 bits per heavy atom. The van der Waals surface area contributed by atoms with Crippen LogP contribution in [-0.2, 0) is 6.54 Å². The van der Waals surface area contributed by atoms with Crippen LogP contribution in [0.4, 0.5) is 0 Å². The molecule has 1 fully saturated rings. The monoisotopic (exact) mass is 241 g/mol. The summed E-state index contributed by atoms with van der Waals surface area (Å²) in [6, 6.07) is 9.27. The van der Waals surface area contributed by atoms with Gasteiger partial charge >= 0.3 is 0 Å². The minimum Gasteiger partial charge on any atom is -0.308 e. The smallest absolute Gasteiger partial charge is 0.0766 e. The summed E-state index contributed by atoms with van der Waals surface area (Å²) in [7, 11) is 0. The van der Waals surface area contributed by atoms with Gasteiger partial charge in [-0.2, -0.15) is 5.10 Å². The van der Waals surface area contributed by atoms with Gasteiger partial charge in [0.2, 0.25) is 0 Å². The summed E-state index contributed by atoms with van der Waals surface area (Å²) < 4.78 is 1.95. The van der Waals surface area contributed by atoms with E-state index in [1.165, 1.54) is 24.0 Å². The SMILES string of the molecule is Cc1ccc(-n2ccc(CNC3CC3)n2)cc1C. The Hall–Kier alpha value is -1.61. The Bertz CT molecular complexity index is 553. The Morgan fingerprint density at radius 1 is 1.22 bits per heavy atom. The maximum Gasteiger partial charge on any atom is 0.0766 e. The molecule has 0 unspecified atom stereocenters. The van der Waals surface area contributed by atoms with Gasteiger partial charge in [-0.3, -0.25) is 0 Å². The van der Waals surface area contributed by atoms with E-state index in [2.05, 4.69) is 48.5 Å². The van der Waals surface area contributed by atoms with E-state index in [4.69, 9.17) is 0 Å². The molecule has 1 saturated carbocycles. The quantitative estimate of drug-likeness (QED) is 0.892. The molecule has 0 saturated heterocycles. The molecule has 1 aromatic heterocycles. The fourth-order valence-corrected chi connectivity index (χ4v) is 2.00. The molecule has 18 heavy (non-hydrogen) atoms. The molecule has 2 aromatic rings. The van der Waals surface area contributed by atoms with Gasteiger partial charge in [0, 0.05) is 18.8 Å². The zero-order chi connectivity index (χ0) is 12.5. The third kappa shape index (κ3) is 2.46. The zero-order valence-corrected chi connectivity index (χ0v) is 11.0. The number of aryl methyl sites for hydroxylation is 2. The van der Waals surface area contributed by atoms with Crippen molar-refractivity contribution in [1.29, 1.82) is 0 Å². The van der Waals surface area contributed by atoms with Crippen LogP contribution in [-0.4, -0.2) is 15.8 Å². The third-order valence-electron chi connectivity index (χ3n) is 3.55. The van der Waals surface area contributed by atoms with E-state index < -0.39 is 0 Å². The molecule has 0 bridgehead atoms. The minimum absolute atomic E-state index is 0.733. The standard InChI is InChI=1S/C15H19N3/c1-11-3-6-15(9-12(11)2)18-8-7-14(17-18)10-16-13-4-5-13/h3,6-9,13,16H,4-5,10H2,1-2H3. The number of aromatic nitrogens is 2. The number of rotatable bonds is 4. The average molecular weight is 241 g/mol. The molecule has 3 rings (SSSR count). The van der Waals surface area contributed by atoms with Gasteiger partial charge in [-0.25, -0.2) is 4.68 Å². The molecule has 1 N–H and O–H groups in total. The maximum atomic E-state index is 4.61. The molecule has 1 aromatic carbocycles. The Balaban J connectivity index is 1.76. The molecular weight excluding hydrogens is 222 g/mol. The summed E-state index contributed by atoms with van der Waals surface area (Å²) in [6.07, 6.45) is 4.67. The van der Waals surface area contributed by atoms with Crippen molar-refractivity contribution in [2.45, 2.75) is 39.3 Å². The van der Waals surface area contributed by atoms with E-state index in [0.29, 0.717) is 0 Å². The summed E-state index contributed by atoms with van der Waals surface area (Å²) in [5, 5.41) is 8.09. The number of benzene rings is 1. The van der Waals surface area contributed by atoms with Crippen molar-refractivity contribution in [3.8, 4) is 5.69 Å². The maximum absolute atomic E-state index is 4.61. The van der Waals surface area contributed by atoms with Crippen LogP contribution in [0.1, 0.15) is 29.7 Å². The predicted octanol–water partition coefficient (Wildman–Crippen LogP) is 2.74. The van der Waals surface area contributed by atoms with Gasteiger partial charge in [-0.1, -0.05) is 6.07 Å². The number of hydrogen-bond acceptors (Lipinski definition) is 2. The van der Waals surface area contributed by atoms with Gasteiger partial charge < -0.3 is 5.32 Å². The first-order valence-electron chi connectivity index (χ1n) is 6.58. The number of nitrogens with zero attached hydrogens (tertiary/aromatic N) is 2. The molecule has 94 valence electrons. The molecule has 3 heteroatoms. The van der Waals surface area contributed by atoms with E-state index in [0.717, 1.165) is 24.0 Å². The molecule has 0 amide bonds. The van der Waals surface area contributed by atoms with Crippen molar-refractivity contribution < 1.29 is 0 Å². The second kappa shape index (κ2) is 4.58. The number of hydrogen-bond donors (Lipinski definition) is 1. The van der Waals surface area contributed by atoms with Crippen LogP contribution >= 0.6 is 0 Å². The Labute approximate surface area is 108 Å². The molecular formula is C15H19N3. The van der Waals surface area contributed by atoms with Crippen molar-refractivity contribution in [2.75, 3.05) is 0 Å². The van der Waals surface area contributed by atoms with Crippen LogP contribution in [0.15, 0.2) is 30.5 Å². The zero-order valence-electron chi connectivity index (χ0n) is 11.0. The highest BCUT2D eigenvalue weighted by Gasteiger charge is 2.20. The lowest BCUT2D eigenvalue weighted by Crippen LogP contribution is -2.15.